The van der Waals surface area contributed by atoms with Gasteiger partial charge in [0, 0.05) is 46.6 Å². The fourth-order valence-electron chi connectivity index (χ4n) is 5.00. The monoisotopic (exact) mass is 553 g/mol. The predicted molar refractivity (Wildman–Crippen MR) is 156 cm³/mol. The quantitative estimate of drug-likeness (QED) is 0.287. The summed E-state index contributed by atoms with van der Waals surface area (Å²) in [6.45, 7) is 6.96. The molecule has 1 saturated carbocycles. The van der Waals surface area contributed by atoms with Crippen LogP contribution in [0.4, 0.5) is 11.4 Å². The molecule has 7 nitrogen and oxygen atoms in total. The third kappa shape index (κ3) is 7.36. The van der Waals surface area contributed by atoms with Crippen LogP contribution in [0.5, 0.6) is 0 Å². The second-order valence-electron chi connectivity index (χ2n) is 10.00. The van der Waals surface area contributed by atoms with Gasteiger partial charge in [-0.25, -0.2) is 9.59 Å². The number of benzene rings is 2. The zero-order valence-corrected chi connectivity index (χ0v) is 23.3. The minimum absolute atomic E-state index is 0.413. The van der Waals surface area contributed by atoms with Gasteiger partial charge in [0.25, 0.3) is 0 Å². The molecule has 2 aromatic rings. The number of hydrogen-bond donors (Lipinski definition) is 3. The second-order valence-corrected chi connectivity index (χ2v) is 11.5. The Morgan fingerprint density at radius 1 is 1.03 bits per heavy atom. The summed E-state index contributed by atoms with van der Waals surface area (Å²) >= 11 is 7.65. The standard InChI is InChI=1S/C25H31N3S2.C4H4O4/c1-18(17-27-13-4-5-14-27)28-21-9-2-3-10-23(21)30-24-12-11-20(15-22(24)28)25(29)26-16-19-7-6-8-19;5-3(6)1-2-4(7)8/h2-3,9-12,15,18-19H,4-8,13-14,16-17H2,1H3,(H,26,29);1-2H,(H,5,6)(H,7,8). The third-order valence-corrected chi connectivity index (χ3v) is 8.64. The fraction of sp³-hybridized carbons (Fsp3) is 0.414. The highest BCUT2D eigenvalue weighted by atomic mass is 32.2. The first kappa shape index (κ1) is 28.1. The van der Waals surface area contributed by atoms with Crippen LogP contribution in [-0.4, -0.2) is 64.3 Å². The predicted octanol–water partition coefficient (Wildman–Crippen LogP) is 5.55. The lowest BCUT2D eigenvalue weighted by atomic mass is 9.85. The molecule has 202 valence electrons. The Morgan fingerprint density at radius 2 is 1.68 bits per heavy atom. The first-order chi connectivity index (χ1) is 18.3. The molecule has 1 atom stereocenters. The highest BCUT2D eigenvalue weighted by Crippen LogP contribution is 2.49. The summed E-state index contributed by atoms with van der Waals surface area (Å²) in [7, 11) is 0. The number of rotatable bonds is 8. The van der Waals surface area contributed by atoms with Crippen LogP contribution in [-0.2, 0) is 9.59 Å². The van der Waals surface area contributed by atoms with E-state index in [1.807, 2.05) is 11.8 Å². The average molecular weight is 554 g/mol. The van der Waals surface area contributed by atoms with Crippen molar-refractivity contribution in [1.29, 1.82) is 0 Å². The van der Waals surface area contributed by atoms with Crippen LogP contribution in [0.3, 0.4) is 0 Å². The van der Waals surface area contributed by atoms with Gasteiger partial charge in [-0.3, -0.25) is 0 Å². The van der Waals surface area contributed by atoms with Crippen molar-refractivity contribution in [3.8, 4) is 0 Å². The molecule has 2 fully saturated rings. The largest absolute Gasteiger partial charge is 0.478 e. The SMILES string of the molecule is CC(CN1CCCC1)N1c2ccccc2Sc2ccc(C(=S)NCC3CCC3)cc21.O=C(O)C=CC(=O)O. The molecule has 1 saturated heterocycles. The molecule has 5 rings (SSSR count). The minimum atomic E-state index is -1.26. The van der Waals surface area contributed by atoms with Crippen LogP contribution in [0.1, 0.15) is 44.6 Å². The number of aliphatic carboxylic acids is 2. The first-order valence-electron chi connectivity index (χ1n) is 13.2. The van der Waals surface area contributed by atoms with Crippen LogP contribution >= 0.6 is 24.0 Å². The van der Waals surface area contributed by atoms with Crippen LogP contribution in [0.15, 0.2) is 64.4 Å². The Labute approximate surface area is 233 Å². The summed E-state index contributed by atoms with van der Waals surface area (Å²) in [5.74, 6) is -1.71. The molecule has 0 radical (unpaired) electrons. The molecule has 3 N–H and O–H groups in total. The van der Waals surface area contributed by atoms with E-state index in [0.717, 1.165) is 29.6 Å². The van der Waals surface area contributed by atoms with Crippen LogP contribution < -0.4 is 10.2 Å². The number of carbonyl (C=O) groups is 2. The van der Waals surface area contributed by atoms with Gasteiger partial charge in [-0.15, -0.1) is 0 Å². The molecule has 9 heteroatoms. The van der Waals surface area contributed by atoms with Gasteiger partial charge in [-0.2, -0.15) is 0 Å². The average Bonchev–Trinajstić information content (AvgIpc) is 3.38. The van der Waals surface area contributed by atoms with Crippen molar-refractivity contribution in [3.05, 3.63) is 60.2 Å². The van der Waals surface area contributed by atoms with Crippen molar-refractivity contribution < 1.29 is 19.8 Å². The molecular weight excluding hydrogens is 518 g/mol. The third-order valence-electron chi connectivity index (χ3n) is 7.13. The fourth-order valence-corrected chi connectivity index (χ4v) is 6.26. The molecule has 0 bridgehead atoms. The lowest BCUT2D eigenvalue weighted by molar-refractivity contribution is -0.134. The molecule has 3 aliphatic rings. The number of fused-ring (bicyclic) bond motifs is 2. The van der Waals surface area contributed by atoms with Crippen molar-refractivity contribution in [2.45, 2.75) is 54.9 Å². The van der Waals surface area contributed by atoms with Crippen molar-refractivity contribution in [2.75, 3.05) is 31.1 Å². The maximum atomic E-state index is 9.55. The molecule has 1 unspecified atom stereocenters. The Balaban J connectivity index is 0.000000368. The summed E-state index contributed by atoms with van der Waals surface area (Å²) in [6, 6.07) is 16.0. The zero-order valence-electron chi connectivity index (χ0n) is 21.6. The summed E-state index contributed by atoms with van der Waals surface area (Å²) in [4.78, 5) is 27.8. The van der Waals surface area contributed by atoms with Crippen molar-refractivity contribution in [1.82, 2.24) is 10.2 Å². The number of carboxylic acids is 2. The van der Waals surface area contributed by atoms with E-state index in [1.54, 1.807) is 0 Å². The highest BCUT2D eigenvalue weighted by molar-refractivity contribution is 7.99. The number of nitrogens with zero attached hydrogens (tertiary/aromatic N) is 2. The molecule has 0 spiro atoms. The Bertz CT molecular complexity index is 1180. The zero-order chi connectivity index (χ0) is 27.1. The normalized spacial score (nSPS) is 17.6. The summed E-state index contributed by atoms with van der Waals surface area (Å²) in [5.41, 5.74) is 3.77. The number of nitrogens with one attached hydrogen (secondary N) is 1. The Morgan fingerprint density at radius 3 is 2.32 bits per heavy atom. The van der Waals surface area contributed by atoms with E-state index in [0.29, 0.717) is 18.2 Å². The van der Waals surface area contributed by atoms with E-state index < -0.39 is 11.9 Å². The van der Waals surface area contributed by atoms with E-state index >= 15 is 0 Å². The Hall–Kier alpha value is -2.88. The first-order valence-corrected chi connectivity index (χ1v) is 14.4. The highest BCUT2D eigenvalue weighted by Gasteiger charge is 2.29. The van der Waals surface area contributed by atoms with Crippen molar-refractivity contribution >= 4 is 52.3 Å². The lowest BCUT2D eigenvalue weighted by Crippen LogP contribution is -2.40. The number of anilines is 2. The molecule has 2 aromatic carbocycles. The molecule has 2 aliphatic heterocycles. The molecule has 0 amide bonds. The van der Waals surface area contributed by atoms with Crippen LogP contribution in [0.25, 0.3) is 0 Å². The van der Waals surface area contributed by atoms with Crippen molar-refractivity contribution in [2.24, 2.45) is 5.92 Å². The van der Waals surface area contributed by atoms with Gasteiger partial charge in [-0.1, -0.05) is 48.6 Å². The maximum Gasteiger partial charge on any atom is 0.328 e. The van der Waals surface area contributed by atoms with Crippen LogP contribution in [0, 0.1) is 5.92 Å². The number of carboxylic acid groups (broad SMARTS) is 2. The van der Waals surface area contributed by atoms with Gasteiger partial charge in [0.1, 0.15) is 4.99 Å². The summed E-state index contributed by atoms with van der Waals surface area (Å²) in [5, 5.41) is 19.2. The minimum Gasteiger partial charge on any atom is -0.478 e. The van der Waals surface area contributed by atoms with E-state index in [1.165, 1.54) is 66.4 Å². The van der Waals surface area contributed by atoms with Crippen LogP contribution in [0.2, 0.25) is 0 Å². The number of para-hydroxylation sites is 1. The van der Waals surface area contributed by atoms with E-state index in [-0.39, 0.29) is 0 Å². The topological polar surface area (TPSA) is 93.1 Å². The summed E-state index contributed by atoms with van der Waals surface area (Å²) in [6.07, 6.45) is 7.84. The van der Waals surface area contributed by atoms with Gasteiger partial charge in [0.2, 0.25) is 0 Å². The van der Waals surface area contributed by atoms with E-state index in [9.17, 15) is 9.59 Å². The maximum absolute atomic E-state index is 9.55. The molecule has 2 heterocycles. The number of thiocarbonyl (C=S) groups is 1. The van der Waals surface area contributed by atoms with Crippen molar-refractivity contribution in [3.63, 3.8) is 0 Å². The smallest absolute Gasteiger partial charge is 0.328 e. The van der Waals surface area contributed by atoms with Gasteiger partial charge in [-0.05, 0) is 75.9 Å². The van der Waals surface area contributed by atoms with E-state index in [2.05, 4.69) is 64.5 Å². The molecular formula is C29H35N3O4S2. The van der Waals surface area contributed by atoms with Gasteiger partial charge in [0.15, 0.2) is 0 Å². The molecule has 1 aliphatic carbocycles. The molecule has 0 aromatic heterocycles. The van der Waals surface area contributed by atoms with Gasteiger partial charge in [0.05, 0.1) is 11.4 Å². The molecule has 38 heavy (non-hydrogen) atoms. The van der Waals surface area contributed by atoms with E-state index in [4.69, 9.17) is 22.4 Å². The van der Waals surface area contributed by atoms with Gasteiger partial charge >= 0.3 is 11.9 Å². The number of likely N-dealkylation sites (tertiary alicyclic amines) is 1. The number of hydrogen-bond acceptors (Lipinski definition) is 6. The second kappa shape index (κ2) is 13.3. The lowest BCUT2D eigenvalue weighted by Gasteiger charge is -2.39. The summed E-state index contributed by atoms with van der Waals surface area (Å²) < 4.78 is 0. The Kier molecular flexibility index (Phi) is 9.82. The van der Waals surface area contributed by atoms with Gasteiger partial charge < -0.3 is 25.3 Å².